The van der Waals surface area contributed by atoms with Gasteiger partial charge >= 0.3 is 0 Å². The van der Waals surface area contributed by atoms with Crippen molar-refractivity contribution in [2.75, 3.05) is 13.2 Å². The molecule has 0 aliphatic carbocycles. The number of aliphatic hydroxyl groups is 2. The van der Waals surface area contributed by atoms with Gasteiger partial charge in [-0.25, -0.2) is 0 Å². The molecule has 0 aliphatic heterocycles. The van der Waals surface area contributed by atoms with Crippen LogP contribution < -0.4 is 0 Å². The van der Waals surface area contributed by atoms with E-state index in [4.69, 9.17) is 10.2 Å². The quantitative estimate of drug-likeness (QED) is 0.705. The second-order valence-corrected chi connectivity index (χ2v) is 2.92. The molecule has 1 aromatic rings. The summed E-state index contributed by atoms with van der Waals surface area (Å²) in [6.07, 6.45) is 0. The van der Waals surface area contributed by atoms with E-state index in [0.29, 0.717) is 0 Å². The number of aliphatic hydroxyl groups excluding tert-OH is 2. The number of rotatable bonds is 3. The van der Waals surface area contributed by atoms with Gasteiger partial charge in [-0.15, -0.1) is 0 Å². The van der Waals surface area contributed by atoms with Crippen LogP contribution in [0.4, 0.5) is 0 Å². The Morgan fingerprint density at radius 3 is 2.25 bits per heavy atom. The molecule has 1 rings (SSSR count). The molecule has 2 nitrogen and oxygen atoms in total. The van der Waals surface area contributed by atoms with E-state index in [1.54, 1.807) is 0 Å². The first kappa shape index (κ1) is 9.23. The van der Waals surface area contributed by atoms with Crippen LogP contribution in [0, 0.1) is 6.92 Å². The molecule has 12 heavy (non-hydrogen) atoms. The highest BCUT2D eigenvalue weighted by molar-refractivity contribution is 5.29. The first-order valence-electron chi connectivity index (χ1n) is 4.06. The van der Waals surface area contributed by atoms with E-state index in [0.717, 1.165) is 11.1 Å². The SMILES string of the molecule is Cc1ccccc1C(CO)CO. The number of benzene rings is 1. The third kappa shape index (κ3) is 1.84. The van der Waals surface area contributed by atoms with Crippen LogP contribution in [0.25, 0.3) is 0 Å². The Labute approximate surface area is 72.5 Å². The minimum atomic E-state index is -0.133. The van der Waals surface area contributed by atoms with Crippen molar-refractivity contribution < 1.29 is 10.2 Å². The monoisotopic (exact) mass is 166 g/mol. The van der Waals surface area contributed by atoms with Crippen LogP contribution in [0.3, 0.4) is 0 Å². The van der Waals surface area contributed by atoms with Crippen LogP contribution in [0.2, 0.25) is 0 Å². The Bertz CT molecular complexity index is 241. The van der Waals surface area contributed by atoms with Gasteiger partial charge in [0, 0.05) is 5.92 Å². The summed E-state index contributed by atoms with van der Waals surface area (Å²) in [6.45, 7) is 1.98. The molecule has 0 radical (unpaired) electrons. The van der Waals surface area contributed by atoms with Crippen LogP contribution in [-0.2, 0) is 0 Å². The number of hydrogen-bond acceptors (Lipinski definition) is 2. The molecule has 1 aromatic carbocycles. The lowest BCUT2D eigenvalue weighted by molar-refractivity contribution is 0.192. The van der Waals surface area contributed by atoms with Gasteiger partial charge in [0.1, 0.15) is 0 Å². The van der Waals surface area contributed by atoms with E-state index < -0.39 is 0 Å². The fraction of sp³-hybridized carbons (Fsp3) is 0.400. The van der Waals surface area contributed by atoms with Gasteiger partial charge in [-0.2, -0.15) is 0 Å². The molecular formula is C10H14O2. The first-order chi connectivity index (χ1) is 5.79. The summed E-state index contributed by atoms with van der Waals surface area (Å²) >= 11 is 0. The first-order valence-corrected chi connectivity index (χ1v) is 4.06. The summed E-state index contributed by atoms with van der Waals surface area (Å²) in [5, 5.41) is 17.9. The summed E-state index contributed by atoms with van der Waals surface area (Å²) in [5.41, 5.74) is 2.15. The summed E-state index contributed by atoms with van der Waals surface area (Å²) in [7, 11) is 0. The summed E-state index contributed by atoms with van der Waals surface area (Å²) in [4.78, 5) is 0. The molecular weight excluding hydrogens is 152 g/mol. The Hall–Kier alpha value is -0.860. The lowest BCUT2D eigenvalue weighted by Crippen LogP contribution is -2.09. The van der Waals surface area contributed by atoms with Gasteiger partial charge in [0.2, 0.25) is 0 Å². The number of hydrogen-bond donors (Lipinski definition) is 2. The van der Waals surface area contributed by atoms with E-state index in [-0.39, 0.29) is 19.1 Å². The maximum absolute atomic E-state index is 8.94. The molecule has 66 valence electrons. The highest BCUT2D eigenvalue weighted by atomic mass is 16.3. The molecule has 2 N–H and O–H groups in total. The van der Waals surface area contributed by atoms with Gasteiger partial charge in [0.25, 0.3) is 0 Å². The van der Waals surface area contributed by atoms with Crippen molar-refractivity contribution in [2.45, 2.75) is 12.8 Å². The van der Waals surface area contributed by atoms with Crippen molar-refractivity contribution in [3.05, 3.63) is 35.4 Å². The zero-order valence-electron chi connectivity index (χ0n) is 7.20. The predicted molar refractivity (Wildman–Crippen MR) is 48.1 cm³/mol. The van der Waals surface area contributed by atoms with Crippen molar-refractivity contribution in [3.8, 4) is 0 Å². The molecule has 0 saturated heterocycles. The maximum Gasteiger partial charge on any atom is 0.0521 e. The molecule has 2 heteroatoms. The fourth-order valence-electron chi connectivity index (χ4n) is 1.30. The maximum atomic E-state index is 8.94. The summed E-state index contributed by atoms with van der Waals surface area (Å²) in [6, 6.07) is 7.78. The van der Waals surface area contributed by atoms with Gasteiger partial charge in [-0.1, -0.05) is 24.3 Å². The lowest BCUT2D eigenvalue weighted by Gasteiger charge is -2.13. The molecule has 0 unspecified atom stereocenters. The normalized spacial score (nSPS) is 10.7. The average molecular weight is 166 g/mol. The fourth-order valence-corrected chi connectivity index (χ4v) is 1.30. The minimum absolute atomic E-state index is 0.00134. The van der Waals surface area contributed by atoms with Crippen molar-refractivity contribution in [1.82, 2.24) is 0 Å². The zero-order chi connectivity index (χ0) is 8.97. The van der Waals surface area contributed by atoms with E-state index in [9.17, 15) is 0 Å². The van der Waals surface area contributed by atoms with Crippen molar-refractivity contribution in [2.24, 2.45) is 0 Å². The second-order valence-electron chi connectivity index (χ2n) is 2.92. The molecule has 0 fully saturated rings. The Balaban J connectivity index is 2.92. The molecule has 0 spiro atoms. The van der Waals surface area contributed by atoms with Gasteiger partial charge in [-0.3, -0.25) is 0 Å². The molecule has 0 aromatic heterocycles. The predicted octanol–water partition coefficient (Wildman–Crippen LogP) is 1.06. The van der Waals surface area contributed by atoms with Gasteiger partial charge in [-0.05, 0) is 18.1 Å². The summed E-state index contributed by atoms with van der Waals surface area (Å²) in [5.74, 6) is -0.133. The van der Waals surface area contributed by atoms with Crippen molar-refractivity contribution in [1.29, 1.82) is 0 Å². The Morgan fingerprint density at radius 2 is 1.75 bits per heavy atom. The molecule has 0 atom stereocenters. The standard InChI is InChI=1S/C10H14O2/c1-8-4-2-3-5-10(8)9(6-11)7-12/h2-5,9,11-12H,6-7H2,1H3. The topological polar surface area (TPSA) is 40.5 Å². The molecule has 0 saturated carbocycles. The van der Waals surface area contributed by atoms with Crippen LogP contribution >= 0.6 is 0 Å². The highest BCUT2D eigenvalue weighted by Gasteiger charge is 2.10. The molecule has 0 aliphatic rings. The van der Waals surface area contributed by atoms with E-state index in [1.807, 2.05) is 31.2 Å². The number of aryl methyl sites for hydroxylation is 1. The van der Waals surface area contributed by atoms with Gasteiger partial charge in [0.15, 0.2) is 0 Å². The van der Waals surface area contributed by atoms with Crippen LogP contribution in [0.15, 0.2) is 24.3 Å². The van der Waals surface area contributed by atoms with Crippen LogP contribution in [-0.4, -0.2) is 23.4 Å². The second kappa shape index (κ2) is 4.24. The summed E-state index contributed by atoms with van der Waals surface area (Å²) < 4.78 is 0. The van der Waals surface area contributed by atoms with E-state index >= 15 is 0 Å². The average Bonchev–Trinajstić information content (AvgIpc) is 2.10. The van der Waals surface area contributed by atoms with Gasteiger partial charge < -0.3 is 10.2 Å². The van der Waals surface area contributed by atoms with Crippen LogP contribution in [0.5, 0.6) is 0 Å². The van der Waals surface area contributed by atoms with Gasteiger partial charge in [0.05, 0.1) is 13.2 Å². The van der Waals surface area contributed by atoms with E-state index in [2.05, 4.69) is 0 Å². The Kier molecular flexibility index (Phi) is 3.26. The Morgan fingerprint density at radius 1 is 1.17 bits per heavy atom. The third-order valence-corrected chi connectivity index (χ3v) is 2.07. The largest absolute Gasteiger partial charge is 0.396 e. The van der Waals surface area contributed by atoms with Crippen molar-refractivity contribution in [3.63, 3.8) is 0 Å². The van der Waals surface area contributed by atoms with Crippen LogP contribution in [0.1, 0.15) is 17.0 Å². The third-order valence-electron chi connectivity index (χ3n) is 2.07. The van der Waals surface area contributed by atoms with E-state index in [1.165, 1.54) is 0 Å². The lowest BCUT2D eigenvalue weighted by atomic mass is 9.96. The highest BCUT2D eigenvalue weighted by Crippen LogP contribution is 2.18. The van der Waals surface area contributed by atoms with Crippen molar-refractivity contribution >= 4 is 0 Å². The zero-order valence-corrected chi connectivity index (χ0v) is 7.20. The minimum Gasteiger partial charge on any atom is -0.396 e. The molecule has 0 heterocycles. The smallest absolute Gasteiger partial charge is 0.0521 e. The molecule has 0 amide bonds. The molecule has 0 bridgehead atoms.